The van der Waals surface area contributed by atoms with E-state index in [9.17, 15) is 0 Å². The maximum atomic E-state index is 5.62. The minimum atomic E-state index is 0.559. The molecule has 18 heavy (non-hydrogen) atoms. The smallest absolute Gasteiger partial charge is 0.133 e. The largest absolute Gasteiger partial charge is 0.497 e. The minimum absolute atomic E-state index is 0.559. The summed E-state index contributed by atoms with van der Waals surface area (Å²) in [5, 5.41) is 0. The maximum Gasteiger partial charge on any atom is 0.133 e. The van der Waals surface area contributed by atoms with E-state index in [4.69, 9.17) is 14.2 Å². The number of hydrogen-bond acceptors (Lipinski definition) is 3. The van der Waals surface area contributed by atoms with E-state index in [1.807, 2.05) is 18.2 Å². The summed E-state index contributed by atoms with van der Waals surface area (Å²) >= 11 is 3.44. The van der Waals surface area contributed by atoms with E-state index in [0.29, 0.717) is 19.1 Å². The van der Waals surface area contributed by atoms with Gasteiger partial charge < -0.3 is 14.2 Å². The first-order valence-corrected chi connectivity index (χ1v) is 6.97. The Morgan fingerprint density at radius 2 is 1.94 bits per heavy atom. The van der Waals surface area contributed by atoms with E-state index in [1.165, 1.54) is 0 Å². The molecule has 0 spiro atoms. The predicted molar refractivity (Wildman–Crippen MR) is 76.5 cm³/mol. The standard InChI is InChI=1S/C14H21BrO3/c1-11(2)6-7-17-8-9-18-14-5-4-12(16-3)10-13(14)15/h4-5,10-11H,6-9H2,1-3H3. The van der Waals surface area contributed by atoms with E-state index in [1.54, 1.807) is 7.11 Å². The SMILES string of the molecule is COc1ccc(OCCOCCC(C)C)c(Br)c1. The van der Waals surface area contributed by atoms with Gasteiger partial charge in [0.2, 0.25) is 0 Å². The van der Waals surface area contributed by atoms with Crippen molar-refractivity contribution in [1.82, 2.24) is 0 Å². The molecule has 0 radical (unpaired) electrons. The van der Waals surface area contributed by atoms with Crippen LogP contribution < -0.4 is 9.47 Å². The number of halogens is 1. The first kappa shape index (κ1) is 15.3. The Morgan fingerprint density at radius 3 is 2.56 bits per heavy atom. The zero-order valence-electron chi connectivity index (χ0n) is 11.2. The van der Waals surface area contributed by atoms with Gasteiger partial charge >= 0.3 is 0 Å². The van der Waals surface area contributed by atoms with E-state index < -0.39 is 0 Å². The zero-order chi connectivity index (χ0) is 13.4. The molecule has 0 aromatic heterocycles. The van der Waals surface area contributed by atoms with Crippen LogP contribution in [0.2, 0.25) is 0 Å². The lowest BCUT2D eigenvalue weighted by atomic mass is 10.1. The number of hydrogen-bond donors (Lipinski definition) is 0. The highest BCUT2D eigenvalue weighted by molar-refractivity contribution is 9.10. The van der Waals surface area contributed by atoms with Crippen molar-refractivity contribution in [3.05, 3.63) is 22.7 Å². The fraction of sp³-hybridized carbons (Fsp3) is 0.571. The average molecular weight is 317 g/mol. The van der Waals surface area contributed by atoms with Crippen LogP contribution in [-0.2, 0) is 4.74 Å². The summed E-state index contributed by atoms with van der Waals surface area (Å²) in [6, 6.07) is 5.64. The molecule has 0 aliphatic heterocycles. The summed E-state index contributed by atoms with van der Waals surface area (Å²) in [7, 11) is 1.64. The topological polar surface area (TPSA) is 27.7 Å². The van der Waals surface area contributed by atoms with Crippen LogP contribution in [0.25, 0.3) is 0 Å². The second-order valence-corrected chi connectivity index (χ2v) is 5.29. The van der Waals surface area contributed by atoms with E-state index in [0.717, 1.165) is 29.0 Å². The maximum absolute atomic E-state index is 5.62. The molecule has 0 aliphatic carbocycles. The molecule has 0 amide bonds. The molecule has 0 heterocycles. The van der Waals surface area contributed by atoms with Crippen molar-refractivity contribution in [2.24, 2.45) is 5.92 Å². The Balaban J connectivity index is 2.23. The zero-order valence-corrected chi connectivity index (χ0v) is 12.8. The number of rotatable bonds is 8. The van der Waals surface area contributed by atoms with Gasteiger partial charge in [-0.15, -0.1) is 0 Å². The fourth-order valence-electron chi connectivity index (χ4n) is 1.36. The molecule has 1 aromatic rings. The van der Waals surface area contributed by atoms with E-state index >= 15 is 0 Å². The van der Waals surface area contributed by atoms with Crippen LogP contribution in [0.15, 0.2) is 22.7 Å². The molecular weight excluding hydrogens is 296 g/mol. The fourth-order valence-corrected chi connectivity index (χ4v) is 1.83. The Kier molecular flexibility index (Phi) is 7.13. The van der Waals surface area contributed by atoms with E-state index in [2.05, 4.69) is 29.8 Å². The van der Waals surface area contributed by atoms with Crippen LogP contribution in [0.5, 0.6) is 11.5 Å². The Labute approximate surface area is 118 Å². The number of methoxy groups -OCH3 is 1. The van der Waals surface area contributed by atoms with Crippen molar-refractivity contribution < 1.29 is 14.2 Å². The van der Waals surface area contributed by atoms with Crippen LogP contribution in [0.1, 0.15) is 20.3 Å². The molecule has 3 nitrogen and oxygen atoms in total. The second kappa shape index (κ2) is 8.38. The van der Waals surface area contributed by atoms with Gasteiger partial charge in [0.1, 0.15) is 18.1 Å². The molecule has 0 unspecified atom stereocenters. The minimum Gasteiger partial charge on any atom is -0.497 e. The van der Waals surface area contributed by atoms with E-state index in [-0.39, 0.29) is 0 Å². The van der Waals surface area contributed by atoms with Crippen molar-refractivity contribution in [2.45, 2.75) is 20.3 Å². The summed E-state index contributed by atoms with van der Waals surface area (Å²) in [6.07, 6.45) is 1.09. The van der Waals surface area contributed by atoms with Crippen LogP contribution in [0.3, 0.4) is 0 Å². The van der Waals surface area contributed by atoms with Crippen LogP contribution >= 0.6 is 15.9 Å². The highest BCUT2D eigenvalue weighted by Crippen LogP contribution is 2.28. The molecule has 0 N–H and O–H groups in total. The highest BCUT2D eigenvalue weighted by atomic mass is 79.9. The van der Waals surface area contributed by atoms with Gasteiger partial charge in [-0.05, 0) is 46.5 Å². The Morgan fingerprint density at radius 1 is 1.17 bits per heavy atom. The van der Waals surface area contributed by atoms with Crippen molar-refractivity contribution in [3.8, 4) is 11.5 Å². The van der Waals surface area contributed by atoms with Crippen molar-refractivity contribution in [1.29, 1.82) is 0 Å². The van der Waals surface area contributed by atoms with Crippen molar-refractivity contribution in [2.75, 3.05) is 26.9 Å². The number of ether oxygens (including phenoxy) is 3. The van der Waals surface area contributed by atoms with Crippen molar-refractivity contribution in [3.63, 3.8) is 0 Å². The number of benzene rings is 1. The predicted octanol–water partition coefficient (Wildman–Crippen LogP) is 3.90. The third-order valence-corrected chi connectivity index (χ3v) is 3.08. The van der Waals surface area contributed by atoms with Crippen LogP contribution in [-0.4, -0.2) is 26.9 Å². The van der Waals surface area contributed by atoms with Gasteiger partial charge in [0, 0.05) is 6.61 Å². The van der Waals surface area contributed by atoms with Gasteiger partial charge in [0.25, 0.3) is 0 Å². The highest BCUT2D eigenvalue weighted by Gasteiger charge is 2.02. The molecule has 102 valence electrons. The molecule has 1 aromatic carbocycles. The molecule has 0 aliphatic rings. The molecule has 4 heteroatoms. The summed E-state index contributed by atoms with van der Waals surface area (Å²) in [4.78, 5) is 0. The summed E-state index contributed by atoms with van der Waals surface area (Å²) in [5.74, 6) is 2.30. The second-order valence-electron chi connectivity index (χ2n) is 4.44. The van der Waals surface area contributed by atoms with Gasteiger partial charge in [-0.3, -0.25) is 0 Å². The molecule has 0 bridgehead atoms. The lowest BCUT2D eigenvalue weighted by Crippen LogP contribution is -2.08. The summed E-state index contributed by atoms with van der Waals surface area (Å²) < 4.78 is 17.1. The molecular formula is C14H21BrO3. The van der Waals surface area contributed by atoms with Crippen molar-refractivity contribution >= 4 is 15.9 Å². The molecule has 0 saturated carbocycles. The first-order chi connectivity index (χ1) is 8.63. The van der Waals surface area contributed by atoms with Gasteiger partial charge in [0.15, 0.2) is 0 Å². The molecule has 1 rings (SSSR count). The van der Waals surface area contributed by atoms with Crippen LogP contribution in [0, 0.1) is 5.92 Å². The normalized spacial score (nSPS) is 10.7. The molecule has 0 saturated heterocycles. The molecule has 0 fully saturated rings. The molecule has 0 atom stereocenters. The third-order valence-electron chi connectivity index (χ3n) is 2.46. The average Bonchev–Trinajstić information content (AvgIpc) is 2.34. The van der Waals surface area contributed by atoms with Gasteiger partial charge in [0.05, 0.1) is 18.2 Å². The van der Waals surface area contributed by atoms with Gasteiger partial charge in [-0.1, -0.05) is 13.8 Å². The summed E-state index contributed by atoms with van der Waals surface area (Å²) in [5.41, 5.74) is 0. The monoisotopic (exact) mass is 316 g/mol. The van der Waals surface area contributed by atoms with Gasteiger partial charge in [-0.2, -0.15) is 0 Å². The lowest BCUT2D eigenvalue weighted by Gasteiger charge is -2.10. The Bertz CT molecular complexity index is 353. The quantitative estimate of drug-likeness (QED) is 0.681. The van der Waals surface area contributed by atoms with Gasteiger partial charge in [-0.25, -0.2) is 0 Å². The lowest BCUT2D eigenvalue weighted by molar-refractivity contribution is 0.0923. The Hall–Kier alpha value is -0.740. The summed E-state index contributed by atoms with van der Waals surface area (Å²) in [6.45, 7) is 6.35. The first-order valence-electron chi connectivity index (χ1n) is 6.17. The third kappa shape index (κ3) is 5.74. The van der Waals surface area contributed by atoms with Crippen LogP contribution in [0.4, 0.5) is 0 Å².